The summed E-state index contributed by atoms with van der Waals surface area (Å²) in [5, 5.41) is 3.53. The van der Waals surface area contributed by atoms with Crippen molar-refractivity contribution < 1.29 is 4.74 Å². The minimum absolute atomic E-state index is 0.323. The molecule has 2 heterocycles. The maximum absolute atomic E-state index is 5.94. The van der Waals surface area contributed by atoms with Gasteiger partial charge in [-0.2, -0.15) is 0 Å². The van der Waals surface area contributed by atoms with E-state index in [1.165, 1.54) is 28.2 Å². The molecule has 0 bridgehead atoms. The van der Waals surface area contributed by atoms with Crippen LogP contribution in [0.2, 0.25) is 0 Å². The lowest BCUT2D eigenvalue weighted by atomic mass is 9.95. The first-order chi connectivity index (χ1) is 8.22. The van der Waals surface area contributed by atoms with Gasteiger partial charge in [-0.25, -0.2) is 0 Å². The fourth-order valence-electron chi connectivity index (χ4n) is 2.58. The maximum Gasteiger partial charge on any atom is 0.0876 e. The van der Waals surface area contributed by atoms with Crippen molar-refractivity contribution in [2.75, 3.05) is 19.7 Å². The van der Waals surface area contributed by atoms with E-state index in [0.717, 1.165) is 19.7 Å². The van der Waals surface area contributed by atoms with E-state index in [1.807, 2.05) is 11.3 Å². The average molecular weight is 253 g/mol. The van der Waals surface area contributed by atoms with Gasteiger partial charge >= 0.3 is 0 Å². The summed E-state index contributed by atoms with van der Waals surface area (Å²) < 4.78 is 5.94. The first-order valence-corrected chi connectivity index (χ1v) is 7.43. The summed E-state index contributed by atoms with van der Waals surface area (Å²) in [4.78, 5) is 2.82. The highest BCUT2D eigenvalue weighted by Crippen LogP contribution is 2.38. The monoisotopic (exact) mass is 253 g/mol. The second-order valence-corrected chi connectivity index (χ2v) is 6.37. The molecule has 3 heteroatoms. The van der Waals surface area contributed by atoms with E-state index in [1.54, 1.807) is 0 Å². The highest BCUT2D eigenvalue weighted by Gasteiger charge is 2.30. The van der Waals surface area contributed by atoms with Crippen LogP contribution in [0, 0.1) is 19.8 Å². The molecule has 1 fully saturated rings. The molecule has 1 aromatic heterocycles. The first-order valence-electron chi connectivity index (χ1n) is 6.61. The fourth-order valence-corrected chi connectivity index (χ4v) is 3.55. The molecule has 1 aliphatic rings. The summed E-state index contributed by atoms with van der Waals surface area (Å²) in [6.45, 7) is 9.73. The van der Waals surface area contributed by atoms with Gasteiger partial charge in [0.25, 0.3) is 0 Å². The summed E-state index contributed by atoms with van der Waals surface area (Å²) in [6.07, 6.45) is 2.72. The lowest BCUT2D eigenvalue weighted by molar-refractivity contribution is 0.0904. The second-order valence-electron chi connectivity index (χ2n) is 4.91. The summed E-state index contributed by atoms with van der Waals surface area (Å²) >= 11 is 1.89. The van der Waals surface area contributed by atoms with Crippen LogP contribution in [0.5, 0.6) is 0 Å². The van der Waals surface area contributed by atoms with E-state index in [4.69, 9.17) is 4.74 Å². The Hall–Kier alpha value is -0.380. The van der Waals surface area contributed by atoms with Crippen molar-refractivity contribution in [3.8, 4) is 0 Å². The van der Waals surface area contributed by atoms with E-state index in [2.05, 4.69) is 32.2 Å². The van der Waals surface area contributed by atoms with Gasteiger partial charge in [0, 0.05) is 28.8 Å². The van der Waals surface area contributed by atoms with Gasteiger partial charge in [-0.3, -0.25) is 0 Å². The molecule has 1 N–H and O–H groups in total. The summed E-state index contributed by atoms with van der Waals surface area (Å²) in [7, 11) is 0. The van der Waals surface area contributed by atoms with E-state index >= 15 is 0 Å². The van der Waals surface area contributed by atoms with Crippen LogP contribution in [-0.2, 0) is 4.74 Å². The minimum atomic E-state index is 0.323. The smallest absolute Gasteiger partial charge is 0.0876 e. The van der Waals surface area contributed by atoms with Gasteiger partial charge in [-0.15, -0.1) is 11.3 Å². The lowest BCUT2D eigenvalue weighted by Crippen LogP contribution is -2.25. The largest absolute Gasteiger partial charge is 0.373 e. The van der Waals surface area contributed by atoms with Crippen LogP contribution in [0.4, 0.5) is 0 Å². The summed E-state index contributed by atoms with van der Waals surface area (Å²) in [5.74, 6) is 0.647. The first kappa shape index (κ1) is 13.1. The maximum atomic E-state index is 5.94. The molecule has 1 saturated heterocycles. The van der Waals surface area contributed by atoms with Crippen molar-refractivity contribution in [2.24, 2.45) is 5.92 Å². The molecule has 0 radical (unpaired) electrons. The Bertz CT molecular complexity index is 361. The van der Waals surface area contributed by atoms with Gasteiger partial charge < -0.3 is 10.1 Å². The molecule has 2 rings (SSSR count). The average Bonchev–Trinajstić information content (AvgIpc) is 2.85. The van der Waals surface area contributed by atoms with Crippen molar-refractivity contribution >= 4 is 11.3 Å². The molecular formula is C14H23NOS. The van der Waals surface area contributed by atoms with Crippen LogP contribution in [0.25, 0.3) is 0 Å². The zero-order chi connectivity index (χ0) is 12.3. The molecule has 0 amide bonds. The Morgan fingerprint density at radius 3 is 2.94 bits per heavy atom. The number of rotatable bonds is 5. The number of hydrogen-bond acceptors (Lipinski definition) is 3. The highest BCUT2D eigenvalue weighted by molar-refractivity contribution is 7.12. The quantitative estimate of drug-likeness (QED) is 0.812. The molecule has 1 aromatic rings. The predicted molar refractivity (Wildman–Crippen MR) is 73.8 cm³/mol. The van der Waals surface area contributed by atoms with Crippen LogP contribution in [0.1, 0.15) is 41.2 Å². The number of thiophene rings is 1. The molecule has 0 aromatic carbocycles. The van der Waals surface area contributed by atoms with Crippen molar-refractivity contribution in [1.29, 1.82) is 0 Å². The second kappa shape index (κ2) is 5.98. The van der Waals surface area contributed by atoms with Crippen LogP contribution >= 0.6 is 11.3 Å². The molecule has 2 atom stereocenters. The van der Waals surface area contributed by atoms with Crippen molar-refractivity contribution in [3.05, 3.63) is 21.4 Å². The molecule has 0 spiro atoms. The molecule has 2 unspecified atom stereocenters. The molecule has 1 aliphatic heterocycles. The minimum Gasteiger partial charge on any atom is -0.373 e. The zero-order valence-corrected chi connectivity index (χ0v) is 11.9. The number of ether oxygens (including phenoxy) is 1. The van der Waals surface area contributed by atoms with E-state index in [-0.39, 0.29) is 0 Å². The Morgan fingerprint density at radius 2 is 2.29 bits per heavy atom. The third kappa shape index (κ3) is 3.09. The van der Waals surface area contributed by atoms with Gasteiger partial charge in [0.15, 0.2) is 0 Å². The molecular weight excluding hydrogens is 230 g/mol. The van der Waals surface area contributed by atoms with Crippen molar-refractivity contribution in [2.45, 2.75) is 39.7 Å². The third-order valence-electron chi connectivity index (χ3n) is 3.43. The normalized spacial score (nSPS) is 24.4. The van der Waals surface area contributed by atoms with Gasteiger partial charge in [-0.1, -0.05) is 6.92 Å². The summed E-state index contributed by atoms with van der Waals surface area (Å²) in [6, 6.07) is 2.31. The number of hydrogen-bond donors (Lipinski definition) is 1. The Balaban J connectivity index is 2.01. The molecule has 0 saturated carbocycles. The van der Waals surface area contributed by atoms with Crippen molar-refractivity contribution in [1.82, 2.24) is 5.32 Å². The van der Waals surface area contributed by atoms with Crippen LogP contribution in [0.15, 0.2) is 6.07 Å². The molecule has 0 aliphatic carbocycles. The van der Waals surface area contributed by atoms with E-state index < -0.39 is 0 Å². The number of nitrogens with one attached hydrogen (secondary N) is 1. The Kier molecular flexibility index (Phi) is 4.60. The van der Waals surface area contributed by atoms with Crippen LogP contribution < -0.4 is 5.32 Å². The Labute approximate surface area is 108 Å². The topological polar surface area (TPSA) is 21.3 Å². The van der Waals surface area contributed by atoms with Gasteiger partial charge in [0.1, 0.15) is 0 Å². The lowest BCUT2D eigenvalue weighted by Gasteiger charge is -2.19. The van der Waals surface area contributed by atoms with Gasteiger partial charge in [0.2, 0.25) is 0 Å². The van der Waals surface area contributed by atoms with Crippen LogP contribution in [-0.4, -0.2) is 19.7 Å². The zero-order valence-electron chi connectivity index (χ0n) is 11.1. The van der Waals surface area contributed by atoms with Crippen LogP contribution in [0.3, 0.4) is 0 Å². The van der Waals surface area contributed by atoms with E-state index in [9.17, 15) is 0 Å². The summed E-state index contributed by atoms with van der Waals surface area (Å²) in [5.41, 5.74) is 1.42. The molecule has 2 nitrogen and oxygen atoms in total. The van der Waals surface area contributed by atoms with Crippen molar-refractivity contribution in [3.63, 3.8) is 0 Å². The standard InChI is InChI=1S/C14H23NOS/c1-4-6-15-9-12-5-7-16-14(12)13-8-10(2)17-11(13)3/h8,12,14-15H,4-7,9H2,1-3H3. The molecule has 96 valence electrons. The SMILES string of the molecule is CCCNCC1CCOC1c1cc(C)sc1C. The van der Waals surface area contributed by atoms with Gasteiger partial charge in [0.05, 0.1) is 6.10 Å². The third-order valence-corrected chi connectivity index (χ3v) is 4.42. The fraction of sp³-hybridized carbons (Fsp3) is 0.714. The van der Waals surface area contributed by atoms with Gasteiger partial charge in [-0.05, 0) is 44.9 Å². The van der Waals surface area contributed by atoms with E-state index in [0.29, 0.717) is 12.0 Å². The Morgan fingerprint density at radius 1 is 1.47 bits per heavy atom. The highest BCUT2D eigenvalue weighted by atomic mass is 32.1. The predicted octanol–water partition coefficient (Wildman–Crippen LogP) is 3.44. The number of aryl methyl sites for hydroxylation is 2. The molecule has 17 heavy (non-hydrogen) atoms.